The molecule has 0 unspecified atom stereocenters. The molecule has 1 aromatic heterocycles. The van der Waals surface area contributed by atoms with Gasteiger partial charge in [0.05, 0.1) is 5.56 Å². The van der Waals surface area contributed by atoms with Crippen molar-refractivity contribution in [2.45, 2.75) is 20.3 Å². The number of amides is 1. The van der Waals surface area contributed by atoms with Crippen molar-refractivity contribution in [1.82, 2.24) is 9.97 Å². The lowest BCUT2D eigenvalue weighted by Crippen LogP contribution is -2.12. The van der Waals surface area contributed by atoms with Crippen molar-refractivity contribution in [3.05, 3.63) is 41.6 Å². The quantitative estimate of drug-likeness (QED) is 0.851. The molecule has 3 N–H and O–H groups in total. The van der Waals surface area contributed by atoms with E-state index < -0.39 is 5.91 Å². The SMILES string of the molecule is CCCNc1nc(C)cc(Oc2ccccc2C(N)=O)n1. The standard InChI is InChI=1S/C15H18N4O2/c1-3-8-17-15-18-10(2)9-13(19-15)21-12-7-5-4-6-11(12)14(16)20/h4-7,9H,3,8H2,1-2H3,(H2,16,20)(H,17,18,19). The maximum Gasteiger partial charge on any atom is 0.252 e. The van der Waals surface area contributed by atoms with Crippen LogP contribution in [-0.4, -0.2) is 22.4 Å². The molecule has 0 bridgehead atoms. The fourth-order valence-electron chi connectivity index (χ4n) is 1.78. The van der Waals surface area contributed by atoms with E-state index in [1.165, 1.54) is 0 Å². The van der Waals surface area contributed by atoms with Gasteiger partial charge in [0.2, 0.25) is 11.8 Å². The Bertz CT molecular complexity index is 643. The maximum absolute atomic E-state index is 11.4. The lowest BCUT2D eigenvalue weighted by molar-refractivity contribution is 0.0998. The average molecular weight is 286 g/mol. The van der Waals surface area contributed by atoms with E-state index in [1.807, 2.05) is 6.92 Å². The third-order valence-corrected chi connectivity index (χ3v) is 2.73. The minimum absolute atomic E-state index is 0.317. The lowest BCUT2D eigenvalue weighted by atomic mass is 10.2. The Morgan fingerprint density at radius 2 is 2.10 bits per heavy atom. The van der Waals surface area contributed by atoms with Crippen LogP contribution in [0.3, 0.4) is 0 Å². The zero-order chi connectivity index (χ0) is 15.2. The Balaban J connectivity index is 2.27. The summed E-state index contributed by atoms with van der Waals surface area (Å²) in [6.07, 6.45) is 0.970. The number of rotatable bonds is 6. The van der Waals surface area contributed by atoms with Gasteiger partial charge in [0.15, 0.2) is 0 Å². The second-order valence-electron chi connectivity index (χ2n) is 4.56. The smallest absolute Gasteiger partial charge is 0.252 e. The first-order chi connectivity index (χ1) is 10.1. The molecule has 6 nitrogen and oxygen atoms in total. The van der Waals surface area contributed by atoms with E-state index in [0.717, 1.165) is 18.7 Å². The summed E-state index contributed by atoms with van der Waals surface area (Å²) in [4.78, 5) is 19.9. The number of hydrogen-bond donors (Lipinski definition) is 2. The van der Waals surface area contributed by atoms with Gasteiger partial charge in [-0.1, -0.05) is 19.1 Å². The fourth-order valence-corrected chi connectivity index (χ4v) is 1.78. The monoisotopic (exact) mass is 286 g/mol. The Hall–Kier alpha value is -2.63. The molecule has 0 aliphatic carbocycles. The number of ether oxygens (including phenoxy) is 1. The molecular formula is C15H18N4O2. The molecule has 1 heterocycles. The summed E-state index contributed by atoms with van der Waals surface area (Å²) < 4.78 is 5.68. The van der Waals surface area contributed by atoms with Crippen LogP contribution >= 0.6 is 0 Å². The first kappa shape index (κ1) is 14.8. The van der Waals surface area contributed by atoms with Gasteiger partial charge in [-0.3, -0.25) is 4.79 Å². The summed E-state index contributed by atoms with van der Waals surface area (Å²) in [7, 11) is 0. The molecule has 0 saturated carbocycles. The second kappa shape index (κ2) is 6.69. The Labute approximate surface area is 123 Å². The molecule has 110 valence electrons. The van der Waals surface area contributed by atoms with Crippen molar-refractivity contribution >= 4 is 11.9 Å². The highest BCUT2D eigenvalue weighted by Crippen LogP contribution is 2.24. The number of aromatic nitrogens is 2. The van der Waals surface area contributed by atoms with Gasteiger partial charge in [-0.2, -0.15) is 4.98 Å². The molecule has 2 rings (SSSR count). The molecule has 6 heteroatoms. The van der Waals surface area contributed by atoms with Crippen LogP contribution in [0.2, 0.25) is 0 Å². The fraction of sp³-hybridized carbons (Fsp3) is 0.267. The van der Waals surface area contributed by atoms with E-state index in [1.54, 1.807) is 30.3 Å². The van der Waals surface area contributed by atoms with Crippen LogP contribution in [0.25, 0.3) is 0 Å². The first-order valence-electron chi connectivity index (χ1n) is 6.76. The summed E-state index contributed by atoms with van der Waals surface area (Å²) in [5, 5.41) is 3.10. The van der Waals surface area contributed by atoms with Crippen molar-refractivity contribution in [3.8, 4) is 11.6 Å². The van der Waals surface area contributed by atoms with Crippen LogP contribution in [0.4, 0.5) is 5.95 Å². The van der Waals surface area contributed by atoms with Crippen molar-refractivity contribution in [2.24, 2.45) is 5.73 Å². The summed E-state index contributed by atoms with van der Waals surface area (Å²) >= 11 is 0. The number of nitrogens with zero attached hydrogens (tertiary/aromatic N) is 2. The van der Waals surface area contributed by atoms with Crippen LogP contribution in [0, 0.1) is 6.92 Å². The van der Waals surface area contributed by atoms with Gasteiger partial charge in [0.1, 0.15) is 5.75 Å². The van der Waals surface area contributed by atoms with Gasteiger partial charge in [-0.05, 0) is 25.5 Å². The zero-order valence-electron chi connectivity index (χ0n) is 12.1. The number of hydrogen-bond acceptors (Lipinski definition) is 5. The maximum atomic E-state index is 11.4. The van der Waals surface area contributed by atoms with E-state index in [-0.39, 0.29) is 0 Å². The lowest BCUT2D eigenvalue weighted by Gasteiger charge is -2.10. The average Bonchev–Trinajstić information content (AvgIpc) is 2.45. The van der Waals surface area contributed by atoms with Crippen LogP contribution in [0.15, 0.2) is 30.3 Å². The Morgan fingerprint density at radius 3 is 2.81 bits per heavy atom. The van der Waals surface area contributed by atoms with Crippen molar-refractivity contribution in [1.29, 1.82) is 0 Å². The molecule has 0 aliphatic heterocycles. The molecule has 1 amide bonds. The highest BCUT2D eigenvalue weighted by molar-refractivity contribution is 5.95. The number of nitrogens with one attached hydrogen (secondary N) is 1. The van der Waals surface area contributed by atoms with Crippen molar-refractivity contribution < 1.29 is 9.53 Å². The molecule has 1 aromatic carbocycles. The minimum Gasteiger partial charge on any atom is -0.438 e. The number of nitrogens with two attached hydrogens (primary N) is 1. The highest BCUT2D eigenvalue weighted by atomic mass is 16.5. The van der Waals surface area contributed by atoms with E-state index >= 15 is 0 Å². The van der Waals surface area contributed by atoms with E-state index in [2.05, 4.69) is 22.2 Å². The van der Waals surface area contributed by atoms with Gasteiger partial charge in [-0.25, -0.2) is 4.98 Å². The molecule has 21 heavy (non-hydrogen) atoms. The van der Waals surface area contributed by atoms with Gasteiger partial charge in [0.25, 0.3) is 5.91 Å². The molecular weight excluding hydrogens is 268 g/mol. The summed E-state index contributed by atoms with van der Waals surface area (Å²) in [6, 6.07) is 8.49. The molecule has 0 atom stereocenters. The first-order valence-corrected chi connectivity index (χ1v) is 6.76. The third kappa shape index (κ3) is 3.92. The highest BCUT2D eigenvalue weighted by Gasteiger charge is 2.11. The van der Waals surface area contributed by atoms with E-state index in [9.17, 15) is 4.79 Å². The summed E-state index contributed by atoms with van der Waals surface area (Å²) in [5.41, 5.74) is 6.42. The van der Waals surface area contributed by atoms with Crippen LogP contribution in [0.5, 0.6) is 11.6 Å². The van der Waals surface area contributed by atoms with Crippen LogP contribution < -0.4 is 15.8 Å². The number of benzene rings is 1. The van der Waals surface area contributed by atoms with E-state index in [0.29, 0.717) is 23.1 Å². The summed E-state index contributed by atoms with van der Waals surface area (Å²) in [5.74, 6) is 0.712. The predicted octanol–water partition coefficient (Wildman–Crippen LogP) is 2.50. The third-order valence-electron chi connectivity index (χ3n) is 2.73. The number of aryl methyl sites for hydroxylation is 1. The molecule has 2 aromatic rings. The largest absolute Gasteiger partial charge is 0.438 e. The molecule has 0 fully saturated rings. The zero-order valence-corrected chi connectivity index (χ0v) is 12.1. The predicted molar refractivity (Wildman–Crippen MR) is 80.6 cm³/mol. The van der Waals surface area contributed by atoms with Crippen molar-refractivity contribution in [2.75, 3.05) is 11.9 Å². The second-order valence-corrected chi connectivity index (χ2v) is 4.56. The van der Waals surface area contributed by atoms with Gasteiger partial charge in [-0.15, -0.1) is 0 Å². The van der Waals surface area contributed by atoms with Crippen LogP contribution in [-0.2, 0) is 0 Å². The molecule has 0 aliphatic rings. The molecule has 0 spiro atoms. The number of carbonyl (C=O) groups excluding carboxylic acids is 1. The summed E-state index contributed by atoms with van der Waals surface area (Å²) in [6.45, 7) is 4.69. The molecule has 0 radical (unpaired) electrons. The Kier molecular flexibility index (Phi) is 4.71. The number of anilines is 1. The number of para-hydroxylation sites is 1. The Morgan fingerprint density at radius 1 is 1.33 bits per heavy atom. The van der Waals surface area contributed by atoms with E-state index in [4.69, 9.17) is 10.5 Å². The topological polar surface area (TPSA) is 90.1 Å². The normalized spacial score (nSPS) is 10.2. The van der Waals surface area contributed by atoms with Crippen LogP contribution in [0.1, 0.15) is 29.4 Å². The molecule has 0 saturated heterocycles. The number of primary amides is 1. The van der Waals surface area contributed by atoms with Crippen molar-refractivity contribution in [3.63, 3.8) is 0 Å². The minimum atomic E-state index is -0.541. The van der Waals surface area contributed by atoms with Gasteiger partial charge < -0.3 is 15.8 Å². The number of carbonyl (C=O) groups is 1. The van der Waals surface area contributed by atoms with Gasteiger partial charge in [0, 0.05) is 18.3 Å². The van der Waals surface area contributed by atoms with Gasteiger partial charge >= 0.3 is 0 Å².